The molecular formula is C23H30N6O3S2. The summed E-state index contributed by atoms with van der Waals surface area (Å²) < 4.78 is 29.5. The van der Waals surface area contributed by atoms with E-state index in [0.29, 0.717) is 16.6 Å². The minimum Gasteiger partial charge on any atom is -0.489 e. The van der Waals surface area contributed by atoms with Crippen LogP contribution in [-0.4, -0.2) is 62.1 Å². The number of hydrogen-bond acceptors (Lipinski definition) is 9. The average Bonchev–Trinajstić information content (AvgIpc) is 3.28. The Bertz CT molecular complexity index is 1220. The van der Waals surface area contributed by atoms with Crippen molar-refractivity contribution in [3.63, 3.8) is 0 Å². The summed E-state index contributed by atoms with van der Waals surface area (Å²) in [6.07, 6.45) is 1.76. The van der Waals surface area contributed by atoms with Gasteiger partial charge in [0.15, 0.2) is 5.13 Å². The van der Waals surface area contributed by atoms with Gasteiger partial charge in [0.05, 0.1) is 22.4 Å². The number of hydrogen-bond donors (Lipinski definition) is 2. The first-order valence-corrected chi connectivity index (χ1v) is 13.7. The monoisotopic (exact) mass is 502 g/mol. The van der Waals surface area contributed by atoms with Gasteiger partial charge < -0.3 is 19.9 Å². The molecule has 0 aliphatic carbocycles. The first-order chi connectivity index (χ1) is 16.2. The molecule has 1 saturated heterocycles. The van der Waals surface area contributed by atoms with E-state index < -0.39 is 10.0 Å². The third kappa shape index (κ3) is 5.84. The molecule has 0 bridgehead atoms. The van der Waals surface area contributed by atoms with Crippen LogP contribution in [0.5, 0.6) is 5.75 Å². The second-order valence-electron chi connectivity index (χ2n) is 8.36. The van der Waals surface area contributed by atoms with Crippen molar-refractivity contribution in [1.29, 1.82) is 0 Å². The lowest BCUT2D eigenvalue weighted by molar-refractivity contribution is 0.243. The molecule has 0 unspecified atom stereocenters. The predicted molar refractivity (Wildman–Crippen MR) is 137 cm³/mol. The Labute approximate surface area is 204 Å². The van der Waals surface area contributed by atoms with E-state index in [9.17, 15) is 8.42 Å². The van der Waals surface area contributed by atoms with Crippen LogP contribution in [0.1, 0.15) is 20.8 Å². The number of likely N-dealkylation sites (N-methyl/N-ethyl adjacent to an activating group) is 1. The molecule has 9 nitrogen and oxygen atoms in total. The molecule has 3 heterocycles. The Kier molecular flexibility index (Phi) is 7.36. The number of aromatic nitrogens is 2. The maximum atomic E-state index is 11.8. The molecule has 1 aliphatic heterocycles. The molecular weight excluding hydrogens is 472 g/mol. The molecule has 3 N–H and O–H groups in total. The van der Waals surface area contributed by atoms with Gasteiger partial charge in [0, 0.05) is 43.3 Å². The van der Waals surface area contributed by atoms with Crippen LogP contribution in [0.25, 0.3) is 11.3 Å². The highest BCUT2D eigenvalue weighted by Crippen LogP contribution is 2.34. The van der Waals surface area contributed by atoms with Crippen LogP contribution < -0.4 is 20.1 Å². The summed E-state index contributed by atoms with van der Waals surface area (Å²) >= 11 is 1.41. The maximum absolute atomic E-state index is 11.8. The number of primary sulfonamides is 1. The Morgan fingerprint density at radius 3 is 2.56 bits per heavy atom. The highest BCUT2D eigenvalue weighted by Gasteiger charge is 2.18. The molecule has 0 saturated carbocycles. The van der Waals surface area contributed by atoms with Crippen LogP contribution in [0.3, 0.4) is 0 Å². The highest BCUT2D eigenvalue weighted by atomic mass is 32.2. The van der Waals surface area contributed by atoms with Crippen molar-refractivity contribution in [2.45, 2.75) is 31.8 Å². The van der Waals surface area contributed by atoms with Crippen LogP contribution in [0, 0.1) is 0 Å². The SMILES string of the molecule is CCN1CCN(c2ccc(-c3csc(Nc4cc(S(N)(=O)=O)ccc4OC(C)C)n3)cn2)CC1. The summed E-state index contributed by atoms with van der Waals surface area (Å²) in [5, 5.41) is 11.0. The van der Waals surface area contributed by atoms with Gasteiger partial charge in [-0.25, -0.2) is 23.5 Å². The van der Waals surface area contributed by atoms with Crippen LogP contribution in [0.2, 0.25) is 0 Å². The zero-order chi connectivity index (χ0) is 24.3. The molecule has 1 aromatic carbocycles. The number of nitrogens with two attached hydrogens (primary N) is 1. The van der Waals surface area contributed by atoms with E-state index in [-0.39, 0.29) is 11.0 Å². The predicted octanol–water partition coefficient (Wildman–Crippen LogP) is 3.53. The minimum atomic E-state index is -3.85. The Hall–Kier alpha value is -2.73. The van der Waals surface area contributed by atoms with E-state index in [0.717, 1.165) is 49.8 Å². The Morgan fingerprint density at radius 2 is 1.94 bits per heavy atom. The molecule has 2 aromatic heterocycles. The first kappa shape index (κ1) is 24.4. The normalized spacial score (nSPS) is 15.0. The number of pyridine rings is 1. The fourth-order valence-corrected chi connectivity index (χ4v) is 5.01. The van der Waals surface area contributed by atoms with Crippen molar-refractivity contribution in [1.82, 2.24) is 14.9 Å². The number of rotatable bonds is 8. The van der Waals surface area contributed by atoms with Crippen molar-refractivity contribution in [3.05, 3.63) is 41.9 Å². The summed E-state index contributed by atoms with van der Waals surface area (Å²) in [4.78, 5) is 14.1. The molecule has 0 amide bonds. The lowest BCUT2D eigenvalue weighted by Crippen LogP contribution is -2.46. The summed E-state index contributed by atoms with van der Waals surface area (Å²) in [6, 6.07) is 8.55. The number of ether oxygens (including phenoxy) is 1. The van der Waals surface area contributed by atoms with Crippen molar-refractivity contribution >= 4 is 38.0 Å². The Morgan fingerprint density at radius 1 is 1.18 bits per heavy atom. The molecule has 182 valence electrons. The highest BCUT2D eigenvalue weighted by molar-refractivity contribution is 7.89. The van der Waals surface area contributed by atoms with Gasteiger partial charge in [-0.3, -0.25) is 0 Å². The molecule has 3 aromatic rings. The van der Waals surface area contributed by atoms with Gasteiger partial charge in [0.2, 0.25) is 10.0 Å². The summed E-state index contributed by atoms with van der Waals surface area (Å²) in [5.74, 6) is 1.50. The van der Waals surface area contributed by atoms with E-state index in [1.165, 1.54) is 23.5 Å². The largest absolute Gasteiger partial charge is 0.489 e. The fraction of sp³-hybridized carbons (Fsp3) is 0.391. The summed E-state index contributed by atoms with van der Waals surface area (Å²) in [5.41, 5.74) is 2.19. The van der Waals surface area contributed by atoms with Crippen LogP contribution in [-0.2, 0) is 10.0 Å². The molecule has 0 radical (unpaired) electrons. The topological polar surface area (TPSA) is 114 Å². The van der Waals surface area contributed by atoms with E-state index in [2.05, 4.69) is 32.0 Å². The lowest BCUT2D eigenvalue weighted by Gasteiger charge is -2.34. The number of sulfonamides is 1. The van der Waals surface area contributed by atoms with Crippen LogP contribution in [0.15, 0.2) is 46.8 Å². The number of anilines is 3. The smallest absolute Gasteiger partial charge is 0.238 e. The summed E-state index contributed by atoms with van der Waals surface area (Å²) in [6.45, 7) is 11.1. The third-order valence-electron chi connectivity index (χ3n) is 5.58. The van der Waals surface area contributed by atoms with Gasteiger partial charge in [0.1, 0.15) is 11.6 Å². The van der Waals surface area contributed by atoms with Gasteiger partial charge in [-0.05, 0) is 50.7 Å². The van der Waals surface area contributed by atoms with E-state index >= 15 is 0 Å². The summed E-state index contributed by atoms with van der Waals surface area (Å²) in [7, 11) is -3.85. The van der Waals surface area contributed by atoms with Crippen molar-refractivity contribution in [2.24, 2.45) is 5.14 Å². The van der Waals surface area contributed by atoms with Gasteiger partial charge in [-0.15, -0.1) is 11.3 Å². The third-order valence-corrected chi connectivity index (χ3v) is 7.24. The number of thiazole rings is 1. The van der Waals surface area contributed by atoms with Crippen LogP contribution in [0.4, 0.5) is 16.6 Å². The first-order valence-electron chi connectivity index (χ1n) is 11.2. The number of piperazine rings is 1. The second-order valence-corrected chi connectivity index (χ2v) is 10.8. The molecule has 34 heavy (non-hydrogen) atoms. The van der Waals surface area contributed by atoms with Gasteiger partial charge in [0.25, 0.3) is 0 Å². The zero-order valence-electron chi connectivity index (χ0n) is 19.6. The van der Waals surface area contributed by atoms with E-state index in [4.69, 9.17) is 9.88 Å². The average molecular weight is 503 g/mol. The van der Waals surface area contributed by atoms with Crippen molar-refractivity contribution in [2.75, 3.05) is 42.9 Å². The van der Waals surface area contributed by atoms with Gasteiger partial charge >= 0.3 is 0 Å². The number of benzene rings is 1. The maximum Gasteiger partial charge on any atom is 0.238 e. The lowest BCUT2D eigenvalue weighted by atomic mass is 10.2. The van der Waals surface area contributed by atoms with Crippen LogP contribution >= 0.6 is 11.3 Å². The quantitative estimate of drug-likeness (QED) is 0.481. The molecule has 4 rings (SSSR count). The second kappa shape index (κ2) is 10.3. The number of nitrogens with zero attached hydrogens (tertiary/aromatic N) is 4. The molecule has 0 atom stereocenters. The minimum absolute atomic E-state index is 0.00226. The molecule has 11 heteroatoms. The van der Waals surface area contributed by atoms with Gasteiger partial charge in [-0.2, -0.15) is 0 Å². The molecule has 1 aliphatic rings. The number of nitrogens with one attached hydrogen (secondary N) is 1. The van der Waals surface area contributed by atoms with Crippen molar-refractivity contribution in [3.8, 4) is 17.0 Å². The standard InChI is InChI=1S/C23H30N6O3S2/c1-4-28-9-11-29(12-10-28)22-8-5-17(14-25-22)20-15-33-23(27-20)26-19-13-18(34(24,30)31)6-7-21(19)32-16(2)3/h5-8,13-16H,4,9-12H2,1-3H3,(H,26,27)(H2,24,30,31). The zero-order valence-corrected chi connectivity index (χ0v) is 21.2. The fourth-order valence-electron chi connectivity index (χ4n) is 3.74. The van der Waals surface area contributed by atoms with E-state index in [1.807, 2.05) is 37.6 Å². The molecule has 1 fully saturated rings. The van der Waals surface area contributed by atoms with E-state index in [1.54, 1.807) is 6.07 Å². The Balaban J connectivity index is 1.50. The molecule has 0 spiro atoms. The van der Waals surface area contributed by atoms with Crippen molar-refractivity contribution < 1.29 is 13.2 Å². The van der Waals surface area contributed by atoms with Gasteiger partial charge in [-0.1, -0.05) is 6.92 Å².